The summed E-state index contributed by atoms with van der Waals surface area (Å²) in [4.78, 5) is 21.4. The van der Waals surface area contributed by atoms with Gasteiger partial charge in [0.25, 0.3) is 5.69 Å². The maximum Gasteiger partial charge on any atom is 0.276 e. The number of ether oxygens (including phenoxy) is 1. The van der Waals surface area contributed by atoms with Crippen LogP contribution in [0.2, 0.25) is 0 Å². The summed E-state index contributed by atoms with van der Waals surface area (Å²) in [5.41, 5.74) is 1.36. The highest BCUT2D eigenvalue weighted by Crippen LogP contribution is 2.28. The van der Waals surface area contributed by atoms with Gasteiger partial charge in [-0.05, 0) is 39.3 Å². The van der Waals surface area contributed by atoms with Crippen molar-refractivity contribution in [1.82, 2.24) is 0 Å². The van der Waals surface area contributed by atoms with Gasteiger partial charge in [-0.1, -0.05) is 0 Å². The Labute approximate surface area is 99.5 Å². The van der Waals surface area contributed by atoms with E-state index in [0.29, 0.717) is 11.3 Å². The third kappa shape index (κ3) is 3.03. The van der Waals surface area contributed by atoms with E-state index in [1.807, 2.05) is 0 Å². The molecule has 0 N–H and O–H groups in total. The number of carbonyl (C=O) groups excluding carboxylic acids is 1. The molecule has 5 heteroatoms. The first kappa shape index (κ1) is 13.2. The average molecular weight is 237 g/mol. The molecule has 0 aliphatic rings. The first-order valence-electron chi connectivity index (χ1n) is 5.25. The molecular formula is C12H15NO4. The molecule has 0 heterocycles. The van der Waals surface area contributed by atoms with E-state index in [9.17, 15) is 14.9 Å². The highest BCUT2D eigenvalue weighted by molar-refractivity contribution is 5.80. The van der Waals surface area contributed by atoms with Crippen LogP contribution >= 0.6 is 0 Å². The van der Waals surface area contributed by atoms with E-state index >= 15 is 0 Å². The standard InChI is InChI=1S/C12H15NO4/c1-7-5-8(2)12(6-11(7)13(15)16)17-10(4)9(3)14/h5-6,10H,1-4H3. The normalized spacial score (nSPS) is 12.0. The number of benzene rings is 1. The molecule has 1 aromatic rings. The van der Waals surface area contributed by atoms with Gasteiger partial charge in [0.2, 0.25) is 0 Å². The summed E-state index contributed by atoms with van der Waals surface area (Å²) in [7, 11) is 0. The van der Waals surface area contributed by atoms with Crippen molar-refractivity contribution in [2.24, 2.45) is 0 Å². The van der Waals surface area contributed by atoms with Crippen molar-refractivity contribution in [3.63, 3.8) is 0 Å². The molecule has 0 saturated heterocycles. The zero-order chi connectivity index (χ0) is 13.2. The van der Waals surface area contributed by atoms with Gasteiger partial charge < -0.3 is 4.74 Å². The monoisotopic (exact) mass is 237 g/mol. The van der Waals surface area contributed by atoms with Crippen molar-refractivity contribution in [3.8, 4) is 5.75 Å². The Morgan fingerprint density at radius 1 is 1.35 bits per heavy atom. The maximum absolute atomic E-state index is 11.1. The molecule has 1 rings (SSSR count). The van der Waals surface area contributed by atoms with Gasteiger partial charge in [-0.2, -0.15) is 0 Å². The lowest BCUT2D eigenvalue weighted by Crippen LogP contribution is -2.21. The van der Waals surface area contributed by atoms with Crippen LogP contribution in [0, 0.1) is 24.0 Å². The first-order chi connectivity index (χ1) is 7.82. The molecule has 0 aliphatic heterocycles. The minimum atomic E-state index is -0.601. The maximum atomic E-state index is 11.1. The largest absolute Gasteiger partial charge is 0.482 e. The Morgan fingerprint density at radius 3 is 2.41 bits per heavy atom. The number of hydrogen-bond acceptors (Lipinski definition) is 4. The lowest BCUT2D eigenvalue weighted by molar-refractivity contribution is -0.385. The summed E-state index contributed by atoms with van der Waals surface area (Å²) in [6.45, 7) is 6.50. The third-order valence-corrected chi connectivity index (χ3v) is 2.57. The summed E-state index contributed by atoms with van der Waals surface area (Å²) in [6.07, 6.45) is -0.601. The summed E-state index contributed by atoms with van der Waals surface area (Å²) in [5, 5.41) is 10.8. The minimum absolute atomic E-state index is 0.00125. The molecule has 0 fully saturated rings. The van der Waals surface area contributed by atoms with Gasteiger partial charge in [0, 0.05) is 5.56 Å². The van der Waals surface area contributed by atoms with Gasteiger partial charge in [0.15, 0.2) is 11.9 Å². The van der Waals surface area contributed by atoms with E-state index in [0.717, 1.165) is 5.56 Å². The molecule has 1 unspecified atom stereocenters. The molecule has 1 aromatic carbocycles. The fraction of sp³-hybridized carbons (Fsp3) is 0.417. The van der Waals surface area contributed by atoms with Crippen LogP contribution in [0.25, 0.3) is 0 Å². The summed E-state index contributed by atoms with van der Waals surface area (Å²) in [5.74, 6) is 0.262. The van der Waals surface area contributed by atoms with Gasteiger partial charge in [0.1, 0.15) is 5.75 Å². The molecule has 0 bridgehead atoms. The topological polar surface area (TPSA) is 69.4 Å². The van der Waals surface area contributed by atoms with Gasteiger partial charge >= 0.3 is 0 Å². The Hall–Kier alpha value is -1.91. The van der Waals surface area contributed by atoms with Crippen molar-refractivity contribution < 1.29 is 14.5 Å². The number of rotatable bonds is 4. The van der Waals surface area contributed by atoms with Crippen LogP contribution in [0.5, 0.6) is 5.75 Å². The van der Waals surface area contributed by atoms with E-state index in [2.05, 4.69) is 0 Å². The zero-order valence-corrected chi connectivity index (χ0v) is 10.3. The fourth-order valence-electron chi connectivity index (χ4n) is 1.42. The highest BCUT2D eigenvalue weighted by atomic mass is 16.6. The molecule has 0 aliphatic carbocycles. The highest BCUT2D eigenvalue weighted by Gasteiger charge is 2.17. The SMILES string of the molecule is CC(=O)C(C)Oc1cc([N+](=O)[O-])c(C)cc1C. The number of aryl methyl sites for hydroxylation is 2. The fourth-order valence-corrected chi connectivity index (χ4v) is 1.42. The number of Topliss-reactive ketones (excluding diaryl/α,β-unsaturated/α-hetero) is 1. The summed E-state index contributed by atoms with van der Waals surface area (Å²) < 4.78 is 5.40. The van der Waals surface area contributed by atoms with Crippen LogP contribution in [0.1, 0.15) is 25.0 Å². The number of carbonyl (C=O) groups is 1. The van der Waals surface area contributed by atoms with Crippen LogP contribution in [0.4, 0.5) is 5.69 Å². The van der Waals surface area contributed by atoms with Gasteiger partial charge in [-0.15, -0.1) is 0 Å². The van der Waals surface area contributed by atoms with E-state index in [-0.39, 0.29) is 11.5 Å². The quantitative estimate of drug-likeness (QED) is 0.596. The van der Waals surface area contributed by atoms with Crippen molar-refractivity contribution in [2.75, 3.05) is 0 Å². The van der Waals surface area contributed by atoms with Crippen LogP contribution in [-0.2, 0) is 4.79 Å². The van der Waals surface area contributed by atoms with Crippen LogP contribution < -0.4 is 4.74 Å². The molecule has 92 valence electrons. The number of nitro benzene ring substituents is 1. The van der Waals surface area contributed by atoms with Gasteiger partial charge in [-0.25, -0.2) is 0 Å². The van der Waals surface area contributed by atoms with Crippen molar-refractivity contribution >= 4 is 11.5 Å². The van der Waals surface area contributed by atoms with Crippen LogP contribution in [0.3, 0.4) is 0 Å². The summed E-state index contributed by atoms with van der Waals surface area (Å²) >= 11 is 0. The number of hydrogen-bond donors (Lipinski definition) is 0. The minimum Gasteiger partial charge on any atom is -0.482 e. The molecule has 0 saturated carbocycles. The third-order valence-electron chi connectivity index (χ3n) is 2.57. The van der Waals surface area contributed by atoms with Crippen molar-refractivity contribution in [2.45, 2.75) is 33.8 Å². The Morgan fingerprint density at radius 2 is 1.94 bits per heavy atom. The van der Waals surface area contributed by atoms with E-state index in [1.54, 1.807) is 26.8 Å². The lowest BCUT2D eigenvalue weighted by Gasteiger charge is -2.14. The predicted molar refractivity (Wildman–Crippen MR) is 63.3 cm³/mol. The van der Waals surface area contributed by atoms with E-state index < -0.39 is 11.0 Å². The second-order valence-corrected chi connectivity index (χ2v) is 4.03. The first-order valence-corrected chi connectivity index (χ1v) is 5.25. The molecule has 17 heavy (non-hydrogen) atoms. The Kier molecular flexibility index (Phi) is 3.83. The molecule has 1 atom stereocenters. The predicted octanol–water partition coefficient (Wildman–Crippen LogP) is 2.57. The Bertz CT molecular complexity index is 468. The number of nitro groups is 1. The second-order valence-electron chi connectivity index (χ2n) is 4.03. The molecular weight excluding hydrogens is 222 g/mol. The molecule has 0 amide bonds. The van der Waals surface area contributed by atoms with Crippen molar-refractivity contribution in [3.05, 3.63) is 33.4 Å². The zero-order valence-electron chi connectivity index (χ0n) is 10.3. The van der Waals surface area contributed by atoms with E-state index in [1.165, 1.54) is 13.0 Å². The average Bonchev–Trinajstić information content (AvgIpc) is 2.21. The number of ketones is 1. The van der Waals surface area contributed by atoms with Crippen LogP contribution in [-0.4, -0.2) is 16.8 Å². The summed E-state index contributed by atoms with van der Waals surface area (Å²) in [6, 6.07) is 3.05. The lowest BCUT2D eigenvalue weighted by atomic mass is 10.1. The molecule has 0 spiro atoms. The van der Waals surface area contributed by atoms with E-state index in [4.69, 9.17) is 4.74 Å². The second kappa shape index (κ2) is 4.95. The van der Waals surface area contributed by atoms with Gasteiger partial charge in [-0.3, -0.25) is 14.9 Å². The Balaban J connectivity index is 3.12. The smallest absolute Gasteiger partial charge is 0.276 e. The molecule has 5 nitrogen and oxygen atoms in total. The van der Waals surface area contributed by atoms with Crippen LogP contribution in [0.15, 0.2) is 12.1 Å². The molecule has 0 aromatic heterocycles. The van der Waals surface area contributed by atoms with Gasteiger partial charge in [0.05, 0.1) is 11.0 Å². The number of nitrogens with zero attached hydrogens (tertiary/aromatic N) is 1. The molecule has 0 radical (unpaired) electrons. The van der Waals surface area contributed by atoms with Crippen molar-refractivity contribution in [1.29, 1.82) is 0 Å².